The van der Waals surface area contributed by atoms with Crippen molar-refractivity contribution in [3.8, 4) is 5.75 Å². The van der Waals surface area contributed by atoms with Gasteiger partial charge in [0.15, 0.2) is 5.96 Å². The van der Waals surface area contributed by atoms with Gasteiger partial charge in [0, 0.05) is 13.1 Å². The summed E-state index contributed by atoms with van der Waals surface area (Å²) in [5.41, 5.74) is 1.80. The Morgan fingerprint density at radius 1 is 1.35 bits per heavy atom. The van der Waals surface area contributed by atoms with Crippen molar-refractivity contribution in [1.82, 2.24) is 10.6 Å². The minimum atomic E-state index is -0.577. The first-order valence-corrected chi connectivity index (χ1v) is 8.44. The van der Waals surface area contributed by atoms with E-state index in [0.717, 1.165) is 56.0 Å². The van der Waals surface area contributed by atoms with Crippen LogP contribution in [0.25, 0.3) is 0 Å². The summed E-state index contributed by atoms with van der Waals surface area (Å²) in [5, 5.41) is 16.7. The molecule has 1 aliphatic carbocycles. The lowest BCUT2D eigenvalue weighted by molar-refractivity contribution is -0.0236. The first-order valence-electron chi connectivity index (χ1n) is 8.44. The van der Waals surface area contributed by atoms with Gasteiger partial charge < -0.3 is 20.5 Å². The molecule has 2 rings (SSSR count). The summed E-state index contributed by atoms with van der Waals surface area (Å²) in [6.45, 7) is 6.15. The van der Waals surface area contributed by atoms with Crippen molar-refractivity contribution in [2.75, 3.05) is 26.7 Å². The number of hydrogen-bond donors (Lipinski definition) is 3. The molecule has 0 aliphatic heterocycles. The van der Waals surface area contributed by atoms with Gasteiger partial charge in [-0.3, -0.25) is 4.99 Å². The molecular formula is C18H29N3O2. The first-order chi connectivity index (χ1) is 11.1. The zero-order valence-corrected chi connectivity index (χ0v) is 14.5. The van der Waals surface area contributed by atoms with Crippen LogP contribution in [0.4, 0.5) is 0 Å². The van der Waals surface area contributed by atoms with Gasteiger partial charge in [-0.1, -0.05) is 12.1 Å². The molecule has 1 fully saturated rings. The van der Waals surface area contributed by atoms with Gasteiger partial charge in [-0.2, -0.15) is 0 Å². The number of guanidine groups is 1. The van der Waals surface area contributed by atoms with Crippen molar-refractivity contribution < 1.29 is 9.84 Å². The van der Waals surface area contributed by atoms with Gasteiger partial charge in [0.25, 0.3) is 0 Å². The second-order valence-corrected chi connectivity index (χ2v) is 6.25. The van der Waals surface area contributed by atoms with E-state index < -0.39 is 5.60 Å². The fourth-order valence-corrected chi connectivity index (χ4v) is 2.66. The molecule has 128 valence electrons. The lowest BCUT2D eigenvalue weighted by Gasteiger charge is -2.35. The lowest BCUT2D eigenvalue weighted by atomic mass is 9.80. The standard InChI is InChI=1S/C18H29N3O2/c1-4-19-17(21-13-18(22)9-5-10-18)20-11-8-15-7-6-14(2)16(12-15)23-3/h6-7,12,22H,4-5,8-11,13H2,1-3H3,(H2,19,20,21). The zero-order valence-electron chi connectivity index (χ0n) is 14.5. The molecule has 0 amide bonds. The summed E-state index contributed by atoms with van der Waals surface area (Å²) in [6.07, 6.45) is 3.72. The van der Waals surface area contributed by atoms with Crippen LogP contribution in [0.1, 0.15) is 37.3 Å². The predicted octanol–water partition coefficient (Wildman–Crippen LogP) is 2.02. The highest BCUT2D eigenvalue weighted by Gasteiger charge is 2.34. The molecule has 0 spiro atoms. The molecule has 0 unspecified atom stereocenters. The van der Waals surface area contributed by atoms with Crippen molar-refractivity contribution in [2.24, 2.45) is 4.99 Å². The Labute approximate surface area is 139 Å². The van der Waals surface area contributed by atoms with Crippen LogP contribution in [0.2, 0.25) is 0 Å². The normalized spacial score (nSPS) is 16.6. The highest BCUT2D eigenvalue weighted by molar-refractivity contribution is 5.79. The van der Waals surface area contributed by atoms with E-state index in [1.54, 1.807) is 7.11 Å². The number of rotatable bonds is 7. The van der Waals surface area contributed by atoms with Crippen LogP contribution >= 0.6 is 0 Å². The number of nitrogens with one attached hydrogen (secondary N) is 2. The molecule has 23 heavy (non-hydrogen) atoms. The number of methoxy groups -OCH3 is 1. The molecule has 0 saturated heterocycles. The van der Waals surface area contributed by atoms with Crippen LogP contribution in [-0.4, -0.2) is 43.4 Å². The Morgan fingerprint density at radius 3 is 2.74 bits per heavy atom. The molecule has 5 heteroatoms. The maximum atomic E-state index is 10.1. The molecule has 0 atom stereocenters. The van der Waals surface area contributed by atoms with Crippen LogP contribution in [0, 0.1) is 6.92 Å². The van der Waals surface area contributed by atoms with E-state index >= 15 is 0 Å². The fourth-order valence-electron chi connectivity index (χ4n) is 2.66. The Morgan fingerprint density at radius 2 is 2.13 bits per heavy atom. The Bertz CT molecular complexity index is 539. The highest BCUT2D eigenvalue weighted by Crippen LogP contribution is 2.31. The van der Waals surface area contributed by atoms with Crippen molar-refractivity contribution in [1.29, 1.82) is 0 Å². The highest BCUT2D eigenvalue weighted by atomic mass is 16.5. The van der Waals surface area contributed by atoms with Crippen LogP contribution in [0.15, 0.2) is 23.2 Å². The van der Waals surface area contributed by atoms with Gasteiger partial charge in [-0.25, -0.2) is 0 Å². The number of hydrogen-bond acceptors (Lipinski definition) is 3. The average Bonchev–Trinajstić information content (AvgIpc) is 2.52. The summed E-state index contributed by atoms with van der Waals surface area (Å²) < 4.78 is 5.36. The third-order valence-corrected chi connectivity index (χ3v) is 4.34. The van der Waals surface area contributed by atoms with Crippen molar-refractivity contribution >= 4 is 5.96 Å². The molecule has 0 aromatic heterocycles. The minimum Gasteiger partial charge on any atom is -0.496 e. The van der Waals surface area contributed by atoms with Gasteiger partial charge >= 0.3 is 0 Å². The number of benzene rings is 1. The number of aliphatic imine (C=N–C) groups is 1. The molecule has 1 aromatic rings. The van der Waals surface area contributed by atoms with E-state index in [-0.39, 0.29) is 0 Å². The van der Waals surface area contributed by atoms with Crippen molar-refractivity contribution in [2.45, 2.75) is 45.1 Å². The van der Waals surface area contributed by atoms with Crippen LogP contribution in [0.3, 0.4) is 0 Å². The van der Waals surface area contributed by atoms with Crippen LogP contribution < -0.4 is 15.4 Å². The molecule has 1 aromatic carbocycles. The Hall–Kier alpha value is -1.75. The molecule has 3 N–H and O–H groups in total. The zero-order chi connectivity index (χ0) is 16.7. The predicted molar refractivity (Wildman–Crippen MR) is 94.2 cm³/mol. The SMILES string of the molecule is CCNC(=NCC1(O)CCC1)NCCc1ccc(C)c(OC)c1. The topological polar surface area (TPSA) is 65.9 Å². The third-order valence-electron chi connectivity index (χ3n) is 4.34. The Balaban J connectivity index is 1.85. The van der Waals surface area contributed by atoms with Gasteiger partial charge in [0.2, 0.25) is 0 Å². The summed E-state index contributed by atoms with van der Waals surface area (Å²) in [7, 11) is 1.70. The van der Waals surface area contributed by atoms with E-state index in [1.807, 2.05) is 13.8 Å². The number of ether oxygens (including phenoxy) is 1. The molecule has 0 radical (unpaired) electrons. The van der Waals surface area contributed by atoms with Gasteiger partial charge in [-0.05, 0) is 56.7 Å². The van der Waals surface area contributed by atoms with Crippen LogP contribution in [0.5, 0.6) is 5.75 Å². The maximum Gasteiger partial charge on any atom is 0.191 e. The van der Waals surface area contributed by atoms with E-state index in [2.05, 4.69) is 33.8 Å². The number of aryl methyl sites for hydroxylation is 1. The van der Waals surface area contributed by atoms with E-state index in [9.17, 15) is 5.11 Å². The molecule has 5 nitrogen and oxygen atoms in total. The minimum absolute atomic E-state index is 0.473. The first kappa shape index (κ1) is 17.6. The maximum absolute atomic E-state index is 10.1. The fraction of sp³-hybridized carbons (Fsp3) is 0.611. The van der Waals surface area contributed by atoms with Crippen molar-refractivity contribution in [3.05, 3.63) is 29.3 Å². The van der Waals surface area contributed by atoms with Gasteiger partial charge in [0.05, 0.1) is 19.3 Å². The van der Waals surface area contributed by atoms with Crippen LogP contribution in [-0.2, 0) is 6.42 Å². The van der Waals surface area contributed by atoms with Crippen molar-refractivity contribution in [3.63, 3.8) is 0 Å². The second kappa shape index (κ2) is 8.20. The molecule has 1 saturated carbocycles. The van der Waals surface area contributed by atoms with Gasteiger partial charge in [-0.15, -0.1) is 0 Å². The summed E-state index contributed by atoms with van der Waals surface area (Å²) in [4.78, 5) is 4.51. The van der Waals surface area contributed by atoms with E-state index in [1.165, 1.54) is 5.56 Å². The molecule has 0 heterocycles. The van der Waals surface area contributed by atoms with Gasteiger partial charge in [0.1, 0.15) is 5.75 Å². The monoisotopic (exact) mass is 319 g/mol. The summed E-state index contributed by atoms with van der Waals surface area (Å²) >= 11 is 0. The lowest BCUT2D eigenvalue weighted by Crippen LogP contribution is -2.43. The summed E-state index contributed by atoms with van der Waals surface area (Å²) in [6, 6.07) is 6.29. The summed E-state index contributed by atoms with van der Waals surface area (Å²) in [5.74, 6) is 1.70. The third kappa shape index (κ3) is 5.13. The number of nitrogens with zero attached hydrogens (tertiary/aromatic N) is 1. The number of aliphatic hydroxyl groups is 1. The average molecular weight is 319 g/mol. The molecule has 0 bridgehead atoms. The quantitative estimate of drug-likeness (QED) is 0.531. The van der Waals surface area contributed by atoms with E-state index in [0.29, 0.717) is 6.54 Å². The largest absolute Gasteiger partial charge is 0.496 e. The smallest absolute Gasteiger partial charge is 0.191 e. The Kier molecular flexibility index (Phi) is 6.28. The van der Waals surface area contributed by atoms with E-state index in [4.69, 9.17) is 4.74 Å². The second-order valence-electron chi connectivity index (χ2n) is 6.25. The molecule has 1 aliphatic rings. The molecular weight excluding hydrogens is 290 g/mol.